The fourth-order valence-corrected chi connectivity index (χ4v) is 2.61. The fourth-order valence-electron chi connectivity index (χ4n) is 2.61. The minimum Gasteiger partial charge on any atom is -0.320 e. The largest absolute Gasteiger partial charge is 0.320 e. The molecule has 1 unspecified atom stereocenters. The molecule has 1 fully saturated rings. The molecule has 1 nitrogen and oxygen atoms in total. The van der Waals surface area contributed by atoms with Crippen molar-refractivity contribution < 1.29 is 4.39 Å². The number of halogens is 1. The van der Waals surface area contributed by atoms with Gasteiger partial charge in [-0.25, -0.2) is 4.39 Å². The molecule has 19 heavy (non-hydrogen) atoms. The second-order valence-electron chi connectivity index (χ2n) is 5.33. The van der Waals surface area contributed by atoms with Gasteiger partial charge < -0.3 is 5.73 Å². The number of benzene rings is 2. The first-order chi connectivity index (χ1) is 9.24. The van der Waals surface area contributed by atoms with Gasteiger partial charge in [0.25, 0.3) is 0 Å². The number of hydrogen-bond donors (Lipinski definition) is 1. The smallest absolute Gasteiger partial charge is 0.123 e. The van der Waals surface area contributed by atoms with E-state index in [0.29, 0.717) is 5.92 Å². The van der Waals surface area contributed by atoms with Crippen LogP contribution < -0.4 is 5.73 Å². The van der Waals surface area contributed by atoms with Gasteiger partial charge in [0.1, 0.15) is 5.82 Å². The molecular weight excluding hydrogens is 237 g/mol. The Kier molecular flexibility index (Phi) is 3.34. The molecule has 0 saturated heterocycles. The first kappa shape index (κ1) is 12.4. The highest BCUT2D eigenvalue weighted by Gasteiger charge is 2.20. The van der Waals surface area contributed by atoms with Crippen LogP contribution >= 0.6 is 0 Å². The van der Waals surface area contributed by atoms with Crippen molar-refractivity contribution in [3.63, 3.8) is 0 Å². The molecule has 2 aromatic rings. The highest BCUT2D eigenvalue weighted by atomic mass is 19.1. The molecule has 2 N–H and O–H groups in total. The van der Waals surface area contributed by atoms with Gasteiger partial charge >= 0.3 is 0 Å². The maximum Gasteiger partial charge on any atom is 0.123 e. The van der Waals surface area contributed by atoms with E-state index in [2.05, 4.69) is 24.3 Å². The molecule has 0 aliphatic heterocycles. The van der Waals surface area contributed by atoms with Crippen molar-refractivity contribution in [2.24, 2.45) is 5.73 Å². The lowest BCUT2D eigenvalue weighted by molar-refractivity contribution is 0.419. The third kappa shape index (κ3) is 2.54. The summed E-state index contributed by atoms with van der Waals surface area (Å²) in [5.41, 5.74) is 9.72. The van der Waals surface area contributed by atoms with Crippen LogP contribution in [-0.2, 0) is 0 Å². The van der Waals surface area contributed by atoms with E-state index in [4.69, 9.17) is 5.73 Å². The molecule has 1 saturated carbocycles. The zero-order valence-corrected chi connectivity index (χ0v) is 10.9. The molecule has 0 aromatic heterocycles. The molecule has 1 atom stereocenters. The summed E-state index contributed by atoms with van der Waals surface area (Å²) < 4.78 is 12.9. The van der Waals surface area contributed by atoms with Crippen molar-refractivity contribution in [2.75, 3.05) is 0 Å². The molecule has 2 heteroatoms. The molecule has 0 heterocycles. The Bertz CT molecular complexity index is 558. The van der Waals surface area contributed by atoms with Gasteiger partial charge in [-0.05, 0) is 47.6 Å². The lowest BCUT2D eigenvalue weighted by Gasteiger charge is -2.26. The standard InChI is InChI=1S/C17H18FN/c18-16-9-7-13(8-10-16)17(19)15-6-2-5-14(11-15)12-3-1-4-12/h2,5-12,17H,1,3-4,19H2. The minimum atomic E-state index is -0.223. The molecule has 3 rings (SSSR count). The van der Waals surface area contributed by atoms with Crippen LogP contribution in [0.2, 0.25) is 0 Å². The van der Waals surface area contributed by atoms with Crippen LogP contribution in [0.4, 0.5) is 4.39 Å². The molecule has 0 radical (unpaired) electrons. The Balaban J connectivity index is 1.86. The van der Waals surface area contributed by atoms with Crippen LogP contribution in [0.5, 0.6) is 0 Å². The molecule has 0 amide bonds. The van der Waals surface area contributed by atoms with Gasteiger partial charge in [-0.15, -0.1) is 0 Å². The van der Waals surface area contributed by atoms with Gasteiger partial charge in [0, 0.05) is 0 Å². The lowest BCUT2D eigenvalue weighted by atomic mass is 9.79. The summed E-state index contributed by atoms with van der Waals surface area (Å²) in [4.78, 5) is 0. The molecule has 2 aromatic carbocycles. The van der Waals surface area contributed by atoms with Crippen molar-refractivity contribution >= 4 is 0 Å². The van der Waals surface area contributed by atoms with E-state index in [0.717, 1.165) is 11.1 Å². The van der Waals surface area contributed by atoms with E-state index in [-0.39, 0.29) is 11.9 Å². The van der Waals surface area contributed by atoms with Gasteiger partial charge in [-0.1, -0.05) is 42.8 Å². The van der Waals surface area contributed by atoms with Gasteiger partial charge in [-0.3, -0.25) is 0 Å². The second kappa shape index (κ2) is 5.14. The Morgan fingerprint density at radius 1 is 1.00 bits per heavy atom. The first-order valence-corrected chi connectivity index (χ1v) is 6.85. The van der Waals surface area contributed by atoms with E-state index in [1.54, 1.807) is 12.1 Å². The molecule has 98 valence electrons. The Hall–Kier alpha value is -1.67. The van der Waals surface area contributed by atoms with Gasteiger partial charge in [0.2, 0.25) is 0 Å². The summed E-state index contributed by atoms with van der Waals surface area (Å²) in [7, 11) is 0. The summed E-state index contributed by atoms with van der Waals surface area (Å²) in [6.07, 6.45) is 3.91. The van der Waals surface area contributed by atoms with Gasteiger partial charge in [0.15, 0.2) is 0 Å². The maximum atomic E-state index is 12.9. The van der Waals surface area contributed by atoms with Crippen LogP contribution in [0.3, 0.4) is 0 Å². The van der Waals surface area contributed by atoms with E-state index in [1.165, 1.54) is 37.0 Å². The quantitative estimate of drug-likeness (QED) is 0.876. The van der Waals surface area contributed by atoms with Crippen LogP contribution in [0.25, 0.3) is 0 Å². The predicted octanol–water partition coefficient (Wildman–Crippen LogP) is 4.14. The van der Waals surface area contributed by atoms with Gasteiger partial charge in [-0.2, -0.15) is 0 Å². The summed E-state index contributed by atoms with van der Waals surface area (Å²) in [6.45, 7) is 0. The highest BCUT2D eigenvalue weighted by molar-refractivity contribution is 5.35. The zero-order chi connectivity index (χ0) is 13.2. The minimum absolute atomic E-state index is 0.180. The topological polar surface area (TPSA) is 26.0 Å². The zero-order valence-electron chi connectivity index (χ0n) is 10.9. The third-order valence-electron chi connectivity index (χ3n) is 4.08. The summed E-state index contributed by atoms with van der Waals surface area (Å²) in [5, 5.41) is 0. The van der Waals surface area contributed by atoms with Gasteiger partial charge in [0.05, 0.1) is 6.04 Å². The number of rotatable bonds is 3. The number of hydrogen-bond acceptors (Lipinski definition) is 1. The molecule has 1 aliphatic carbocycles. The Labute approximate surface area is 113 Å². The van der Waals surface area contributed by atoms with Crippen molar-refractivity contribution in [1.29, 1.82) is 0 Å². The van der Waals surface area contributed by atoms with Crippen LogP contribution in [0.1, 0.15) is 47.9 Å². The van der Waals surface area contributed by atoms with E-state index in [9.17, 15) is 4.39 Å². The van der Waals surface area contributed by atoms with E-state index in [1.807, 2.05) is 0 Å². The Morgan fingerprint density at radius 2 is 1.74 bits per heavy atom. The number of nitrogens with two attached hydrogens (primary N) is 1. The molecular formula is C17H18FN. The maximum absolute atomic E-state index is 12.9. The normalized spacial score (nSPS) is 16.9. The van der Waals surface area contributed by atoms with Crippen molar-refractivity contribution in [3.05, 3.63) is 71.0 Å². The van der Waals surface area contributed by atoms with E-state index >= 15 is 0 Å². The third-order valence-corrected chi connectivity index (χ3v) is 4.08. The molecule has 0 spiro atoms. The Morgan fingerprint density at radius 3 is 2.37 bits per heavy atom. The second-order valence-corrected chi connectivity index (χ2v) is 5.33. The first-order valence-electron chi connectivity index (χ1n) is 6.85. The summed E-state index contributed by atoms with van der Waals surface area (Å²) in [6, 6.07) is 14.8. The molecule has 1 aliphatic rings. The lowest BCUT2D eigenvalue weighted by Crippen LogP contribution is -2.14. The summed E-state index contributed by atoms with van der Waals surface area (Å²) in [5.74, 6) is 0.486. The van der Waals surface area contributed by atoms with E-state index < -0.39 is 0 Å². The van der Waals surface area contributed by atoms with Crippen LogP contribution in [0.15, 0.2) is 48.5 Å². The highest BCUT2D eigenvalue weighted by Crippen LogP contribution is 2.37. The average Bonchev–Trinajstić information content (AvgIpc) is 2.37. The summed E-state index contributed by atoms with van der Waals surface area (Å²) >= 11 is 0. The monoisotopic (exact) mass is 255 g/mol. The van der Waals surface area contributed by atoms with Crippen molar-refractivity contribution in [1.82, 2.24) is 0 Å². The SMILES string of the molecule is NC(c1ccc(F)cc1)c1cccc(C2CCC2)c1. The average molecular weight is 255 g/mol. The van der Waals surface area contributed by atoms with Crippen molar-refractivity contribution in [2.45, 2.75) is 31.2 Å². The van der Waals surface area contributed by atoms with Crippen molar-refractivity contribution in [3.8, 4) is 0 Å². The van der Waals surface area contributed by atoms with Crippen LogP contribution in [0, 0.1) is 5.82 Å². The fraction of sp³-hybridized carbons (Fsp3) is 0.294. The van der Waals surface area contributed by atoms with Crippen LogP contribution in [-0.4, -0.2) is 0 Å². The molecule has 0 bridgehead atoms. The predicted molar refractivity (Wildman–Crippen MR) is 75.5 cm³/mol.